The monoisotopic (exact) mass is 324 g/mol. The van der Waals surface area contributed by atoms with Crippen LogP contribution in [-0.2, 0) is 9.53 Å². The predicted octanol–water partition coefficient (Wildman–Crippen LogP) is 1.37. The lowest BCUT2D eigenvalue weighted by Crippen LogP contribution is -2.42. The van der Waals surface area contributed by atoms with E-state index in [1.807, 2.05) is 20.8 Å². The van der Waals surface area contributed by atoms with E-state index in [9.17, 15) is 4.79 Å². The van der Waals surface area contributed by atoms with Gasteiger partial charge >= 0.3 is 0 Å². The number of hydrogen-bond acceptors (Lipinski definition) is 3. The molecule has 6 heteroatoms. The van der Waals surface area contributed by atoms with Crippen LogP contribution in [0.2, 0.25) is 0 Å². The van der Waals surface area contributed by atoms with Crippen LogP contribution >= 0.6 is 0 Å². The number of carbonyl (C=O) groups excluding carboxylic acids is 1. The van der Waals surface area contributed by atoms with E-state index >= 15 is 0 Å². The van der Waals surface area contributed by atoms with Crippen molar-refractivity contribution in [3.8, 4) is 0 Å². The molecule has 1 amide bonds. The van der Waals surface area contributed by atoms with Gasteiger partial charge in [0.1, 0.15) is 0 Å². The van der Waals surface area contributed by atoms with Gasteiger partial charge in [-0.25, -0.2) is 0 Å². The molecule has 23 heavy (non-hydrogen) atoms. The Morgan fingerprint density at radius 3 is 2.74 bits per heavy atom. The minimum absolute atomic E-state index is 0.0548. The number of ether oxygens (including phenoxy) is 1. The zero-order chi connectivity index (χ0) is 16.9. The Balaban J connectivity index is 1.87. The van der Waals surface area contributed by atoms with Crippen LogP contribution in [0.15, 0.2) is 4.99 Å². The topological polar surface area (TPSA) is 66.0 Å². The standard InChI is InChI=1S/C17H32N4O2/c1-5-18-15(19-9-6-14(22)20-16(2,3)4)21-10-7-17(12-21)8-11-23-13-17/h5-13H2,1-4H3,(H,18,19)(H,20,22). The fourth-order valence-corrected chi connectivity index (χ4v) is 3.26. The second-order valence-electron chi connectivity index (χ2n) is 7.76. The first-order chi connectivity index (χ1) is 10.8. The second-order valence-corrected chi connectivity index (χ2v) is 7.76. The van der Waals surface area contributed by atoms with Crippen molar-refractivity contribution < 1.29 is 9.53 Å². The number of guanidine groups is 1. The van der Waals surface area contributed by atoms with Crippen LogP contribution in [0.3, 0.4) is 0 Å². The fraction of sp³-hybridized carbons (Fsp3) is 0.882. The van der Waals surface area contributed by atoms with Gasteiger partial charge in [-0.3, -0.25) is 9.79 Å². The van der Waals surface area contributed by atoms with Crippen LogP contribution in [0.4, 0.5) is 0 Å². The van der Waals surface area contributed by atoms with Crippen molar-refractivity contribution in [3.63, 3.8) is 0 Å². The maximum Gasteiger partial charge on any atom is 0.222 e. The molecule has 6 nitrogen and oxygen atoms in total. The molecule has 2 fully saturated rings. The Hall–Kier alpha value is -1.30. The first-order valence-electron chi connectivity index (χ1n) is 8.76. The zero-order valence-electron chi connectivity index (χ0n) is 15.1. The molecule has 0 radical (unpaired) electrons. The van der Waals surface area contributed by atoms with Gasteiger partial charge in [0.2, 0.25) is 5.91 Å². The molecular weight excluding hydrogens is 292 g/mol. The second kappa shape index (κ2) is 7.51. The minimum Gasteiger partial charge on any atom is -0.381 e. The number of carbonyl (C=O) groups is 1. The van der Waals surface area contributed by atoms with Crippen LogP contribution in [0, 0.1) is 5.41 Å². The Morgan fingerprint density at radius 2 is 2.13 bits per heavy atom. The fourth-order valence-electron chi connectivity index (χ4n) is 3.26. The Morgan fingerprint density at radius 1 is 1.35 bits per heavy atom. The van der Waals surface area contributed by atoms with Crippen LogP contribution in [0.1, 0.15) is 47.0 Å². The summed E-state index contributed by atoms with van der Waals surface area (Å²) in [6, 6.07) is 0. The molecule has 2 rings (SSSR count). The van der Waals surface area contributed by atoms with Gasteiger partial charge in [0.25, 0.3) is 0 Å². The maximum absolute atomic E-state index is 11.9. The van der Waals surface area contributed by atoms with Gasteiger partial charge in [-0.15, -0.1) is 0 Å². The summed E-state index contributed by atoms with van der Waals surface area (Å²) >= 11 is 0. The molecule has 2 aliphatic heterocycles. The van der Waals surface area contributed by atoms with Gasteiger partial charge in [0.05, 0.1) is 13.2 Å². The van der Waals surface area contributed by atoms with Gasteiger partial charge in [0, 0.05) is 43.6 Å². The molecule has 1 unspecified atom stereocenters. The van der Waals surface area contributed by atoms with E-state index in [4.69, 9.17) is 4.74 Å². The molecule has 2 aliphatic rings. The van der Waals surface area contributed by atoms with Crippen LogP contribution in [0.5, 0.6) is 0 Å². The van der Waals surface area contributed by atoms with Crippen molar-refractivity contribution in [2.75, 3.05) is 39.4 Å². The van der Waals surface area contributed by atoms with Crippen LogP contribution < -0.4 is 10.6 Å². The Bertz CT molecular complexity index is 436. The summed E-state index contributed by atoms with van der Waals surface area (Å²) in [5, 5.41) is 6.33. The Labute approximate surface area is 140 Å². The Kier molecular flexibility index (Phi) is 5.89. The van der Waals surface area contributed by atoms with E-state index in [0.29, 0.717) is 18.4 Å². The number of rotatable bonds is 4. The molecule has 0 bridgehead atoms. The number of aliphatic imine (C=N–C) groups is 1. The quantitative estimate of drug-likeness (QED) is 0.605. The summed E-state index contributed by atoms with van der Waals surface area (Å²) in [7, 11) is 0. The number of amides is 1. The minimum atomic E-state index is -0.185. The van der Waals surface area contributed by atoms with Crippen molar-refractivity contribution in [1.29, 1.82) is 0 Å². The first-order valence-corrected chi connectivity index (χ1v) is 8.76. The molecule has 2 N–H and O–H groups in total. The third-order valence-corrected chi connectivity index (χ3v) is 4.37. The summed E-state index contributed by atoms with van der Waals surface area (Å²) in [4.78, 5) is 18.9. The molecule has 2 saturated heterocycles. The van der Waals surface area contributed by atoms with Gasteiger partial charge in [0.15, 0.2) is 5.96 Å². The lowest BCUT2D eigenvalue weighted by Gasteiger charge is -2.25. The molecule has 0 saturated carbocycles. The number of nitrogens with zero attached hydrogens (tertiary/aromatic N) is 2. The van der Waals surface area contributed by atoms with E-state index in [0.717, 1.165) is 45.2 Å². The van der Waals surface area contributed by atoms with Gasteiger partial charge in [-0.2, -0.15) is 0 Å². The first kappa shape index (κ1) is 18.0. The highest BCUT2D eigenvalue weighted by atomic mass is 16.5. The lowest BCUT2D eigenvalue weighted by molar-refractivity contribution is -0.122. The number of nitrogens with one attached hydrogen (secondary N) is 2. The van der Waals surface area contributed by atoms with Crippen molar-refractivity contribution in [2.24, 2.45) is 10.4 Å². The van der Waals surface area contributed by atoms with Crippen LogP contribution in [-0.4, -0.2) is 61.7 Å². The van der Waals surface area contributed by atoms with Crippen molar-refractivity contribution in [2.45, 2.75) is 52.5 Å². The van der Waals surface area contributed by atoms with Gasteiger partial charge < -0.3 is 20.3 Å². The summed E-state index contributed by atoms with van der Waals surface area (Å²) in [6.07, 6.45) is 2.74. The molecule has 0 aromatic rings. The molecule has 1 spiro atoms. The third-order valence-electron chi connectivity index (χ3n) is 4.37. The van der Waals surface area contributed by atoms with E-state index in [-0.39, 0.29) is 11.4 Å². The highest BCUT2D eigenvalue weighted by Crippen LogP contribution is 2.38. The molecule has 0 aliphatic carbocycles. The van der Waals surface area contributed by atoms with E-state index < -0.39 is 0 Å². The van der Waals surface area contributed by atoms with Crippen molar-refractivity contribution >= 4 is 11.9 Å². The van der Waals surface area contributed by atoms with E-state index in [1.54, 1.807) is 0 Å². The highest BCUT2D eigenvalue weighted by molar-refractivity contribution is 5.81. The summed E-state index contributed by atoms with van der Waals surface area (Å²) in [5.74, 6) is 0.985. The van der Waals surface area contributed by atoms with Crippen molar-refractivity contribution in [3.05, 3.63) is 0 Å². The average Bonchev–Trinajstić information content (AvgIpc) is 3.07. The summed E-state index contributed by atoms with van der Waals surface area (Å²) in [5.41, 5.74) is 0.134. The van der Waals surface area contributed by atoms with Gasteiger partial charge in [-0.05, 0) is 40.5 Å². The normalized spacial score (nSPS) is 25.2. The molecule has 132 valence electrons. The van der Waals surface area contributed by atoms with E-state index in [1.165, 1.54) is 6.42 Å². The lowest BCUT2D eigenvalue weighted by atomic mass is 9.87. The summed E-state index contributed by atoms with van der Waals surface area (Å²) < 4.78 is 5.59. The smallest absolute Gasteiger partial charge is 0.222 e. The molecule has 0 aromatic carbocycles. The van der Waals surface area contributed by atoms with Crippen molar-refractivity contribution in [1.82, 2.24) is 15.5 Å². The molecular formula is C17H32N4O2. The predicted molar refractivity (Wildman–Crippen MR) is 92.6 cm³/mol. The number of likely N-dealkylation sites (tertiary alicyclic amines) is 1. The van der Waals surface area contributed by atoms with E-state index in [2.05, 4.69) is 27.4 Å². The average molecular weight is 324 g/mol. The molecule has 0 aromatic heterocycles. The largest absolute Gasteiger partial charge is 0.381 e. The zero-order valence-corrected chi connectivity index (χ0v) is 15.1. The van der Waals surface area contributed by atoms with Gasteiger partial charge in [-0.1, -0.05) is 0 Å². The highest BCUT2D eigenvalue weighted by Gasteiger charge is 2.42. The SMILES string of the molecule is CCNC(=NCCC(=O)NC(C)(C)C)N1CCC2(CCOC2)C1. The third kappa shape index (κ3) is 5.37. The maximum atomic E-state index is 11.9. The number of hydrogen-bond donors (Lipinski definition) is 2. The molecule has 1 atom stereocenters. The summed E-state index contributed by atoms with van der Waals surface area (Å²) in [6.45, 7) is 13.2. The van der Waals surface area contributed by atoms with Crippen LogP contribution in [0.25, 0.3) is 0 Å². The molecule has 2 heterocycles.